The van der Waals surface area contributed by atoms with E-state index in [2.05, 4.69) is 16.0 Å². The molecule has 0 aromatic heterocycles. The van der Waals surface area contributed by atoms with Crippen LogP contribution in [0.4, 0.5) is 13.2 Å². The molecule has 0 saturated heterocycles. The van der Waals surface area contributed by atoms with E-state index in [1.54, 1.807) is 30.3 Å². The van der Waals surface area contributed by atoms with Crippen molar-refractivity contribution in [3.8, 4) is 0 Å². The molecule has 0 aliphatic heterocycles. The minimum absolute atomic E-state index is 0.00722. The van der Waals surface area contributed by atoms with E-state index in [4.69, 9.17) is 0 Å². The fraction of sp³-hybridized carbons (Fsp3) is 0.462. The summed E-state index contributed by atoms with van der Waals surface area (Å²) >= 11 is 0. The van der Waals surface area contributed by atoms with Gasteiger partial charge in [-0.3, -0.25) is 9.59 Å². The molecule has 0 heterocycles. The standard InChI is InChI=1S/C26H32F3N3O4S/c1-2-13-30-23-12-11-21(15-19(23)17-37(35,36)22-9-4-3-5-10-22)32-24(33)16-31-25(34)18-7-6-8-20(14-18)26(27,28)29/h3-10,14,19,21,23,30H,2,11-13,15-17H2,1H3,(H,31,34)(H,32,33)/t19-,21+,23-/m1/s1. The number of carbonyl (C=O) groups is 2. The van der Waals surface area contributed by atoms with Gasteiger partial charge in [0.1, 0.15) is 0 Å². The molecule has 1 fully saturated rings. The van der Waals surface area contributed by atoms with Crippen molar-refractivity contribution in [2.75, 3.05) is 18.8 Å². The normalized spacial score (nSPS) is 20.3. The minimum Gasteiger partial charge on any atom is -0.352 e. The zero-order valence-electron chi connectivity index (χ0n) is 20.6. The van der Waals surface area contributed by atoms with E-state index in [0.29, 0.717) is 19.3 Å². The Morgan fingerprint density at radius 1 is 1.03 bits per heavy atom. The summed E-state index contributed by atoms with van der Waals surface area (Å²) in [5.74, 6) is -1.57. The van der Waals surface area contributed by atoms with Gasteiger partial charge in [0.05, 0.1) is 22.8 Å². The molecule has 2 amide bonds. The highest BCUT2D eigenvalue weighted by Gasteiger charge is 2.35. The van der Waals surface area contributed by atoms with Gasteiger partial charge in [-0.15, -0.1) is 0 Å². The maximum Gasteiger partial charge on any atom is 0.416 e. The number of amides is 2. The van der Waals surface area contributed by atoms with E-state index < -0.39 is 39.9 Å². The summed E-state index contributed by atoms with van der Waals surface area (Å²) < 4.78 is 64.7. The number of alkyl halides is 3. The van der Waals surface area contributed by atoms with Crippen LogP contribution in [0.15, 0.2) is 59.5 Å². The number of hydrogen-bond acceptors (Lipinski definition) is 5. The van der Waals surface area contributed by atoms with Crippen LogP contribution in [0.1, 0.15) is 48.5 Å². The van der Waals surface area contributed by atoms with E-state index >= 15 is 0 Å². The Hall–Kier alpha value is -2.92. The molecule has 3 rings (SSSR count). The highest BCUT2D eigenvalue weighted by molar-refractivity contribution is 7.91. The molecule has 0 unspecified atom stereocenters. The van der Waals surface area contributed by atoms with E-state index in [9.17, 15) is 31.2 Å². The third kappa shape index (κ3) is 8.29. The van der Waals surface area contributed by atoms with Crippen LogP contribution in [-0.4, -0.2) is 51.2 Å². The van der Waals surface area contributed by atoms with Crippen molar-refractivity contribution in [1.82, 2.24) is 16.0 Å². The van der Waals surface area contributed by atoms with E-state index in [-0.39, 0.29) is 34.2 Å². The first-order chi connectivity index (χ1) is 17.5. The van der Waals surface area contributed by atoms with Gasteiger partial charge in [0.2, 0.25) is 5.91 Å². The van der Waals surface area contributed by atoms with Gasteiger partial charge in [-0.25, -0.2) is 8.42 Å². The van der Waals surface area contributed by atoms with Gasteiger partial charge >= 0.3 is 6.18 Å². The molecule has 1 aliphatic rings. The summed E-state index contributed by atoms with van der Waals surface area (Å²) in [6, 6.07) is 11.9. The van der Waals surface area contributed by atoms with Crippen LogP contribution in [0.25, 0.3) is 0 Å². The summed E-state index contributed by atoms with van der Waals surface area (Å²) in [7, 11) is -3.53. The van der Waals surface area contributed by atoms with Crippen molar-refractivity contribution >= 4 is 21.7 Å². The first kappa shape index (κ1) is 28.6. The van der Waals surface area contributed by atoms with Crippen LogP contribution < -0.4 is 16.0 Å². The predicted octanol–water partition coefficient (Wildman–Crippen LogP) is 3.56. The lowest BCUT2D eigenvalue weighted by Crippen LogP contribution is -2.50. The number of halogens is 3. The zero-order chi connectivity index (χ0) is 27.1. The molecular formula is C26H32F3N3O4S. The quantitative estimate of drug-likeness (QED) is 0.428. The summed E-state index contributed by atoms with van der Waals surface area (Å²) in [6.07, 6.45) is -1.92. The number of carbonyl (C=O) groups excluding carboxylic acids is 2. The molecule has 2 aromatic carbocycles. The minimum atomic E-state index is -4.58. The Labute approximate surface area is 215 Å². The van der Waals surface area contributed by atoms with Crippen LogP contribution in [0.2, 0.25) is 0 Å². The van der Waals surface area contributed by atoms with Crippen molar-refractivity contribution < 1.29 is 31.2 Å². The Balaban J connectivity index is 1.59. The molecule has 37 heavy (non-hydrogen) atoms. The fourth-order valence-electron chi connectivity index (χ4n) is 4.56. The SMILES string of the molecule is CCCN[C@@H]1CC[C@H](NC(=O)CNC(=O)c2cccc(C(F)(F)F)c2)C[C@@H]1CS(=O)(=O)c1ccccc1. The number of nitrogens with one attached hydrogen (secondary N) is 3. The van der Waals surface area contributed by atoms with Crippen molar-refractivity contribution in [3.05, 3.63) is 65.7 Å². The average molecular weight is 540 g/mol. The van der Waals surface area contributed by atoms with Gasteiger partial charge in [0, 0.05) is 17.6 Å². The lowest BCUT2D eigenvalue weighted by atomic mass is 9.82. The zero-order valence-corrected chi connectivity index (χ0v) is 21.4. The van der Waals surface area contributed by atoms with Crippen molar-refractivity contribution in [1.29, 1.82) is 0 Å². The first-order valence-electron chi connectivity index (χ1n) is 12.3. The molecule has 11 heteroatoms. The second-order valence-corrected chi connectivity index (χ2v) is 11.3. The smallest absolute Gasteiger partial charge is 0.352 e. The Bertz CT molecular complexity index is 1170. The fourth-order valence-corrected chi connectivity index (χ4v) is 6.26. The number of sulfone groups is 1. The molecule has 3 atom stereocenters. The van der Waals surface area contributed by atoms with Gasteiger partial charge in [-0.2, -0.15) is 13.2 Å². The van der Waals surface area contributed by atoms with E-state index in [1.807, 2.05) is 6.92 Å². The summed E-state index contributed by atoms with van der Waals surface area (Å²) in [5.41, 5.74) is -1.15. The third-order valence-corrected chi connectivity index (χ3v) is 8.26. The van der Waals surface area contributed by atoms with E-state index in [0.717, 1.165) is 31.2 Å². The molecule has 0 bridgehead atoms. The number of rotatable bonds is 10. The molecule has 0 radical (unpaired) electrons. The van der Waals surface area contributed by atoms with Gasteiger partial charge in [0.25, 0.3) is 5.91 Å². The van der Waals surface area contributed by atoms with Crippen molar-refractivity contribution in [3.63, 3.8) is 0 Å². The molecule has 202 valence electrons. The maximum absolute atomic E-state index is 13.0. The molecule has 3 N–H and O–H groups in total. The second-order valence-electron chi connectivity index (χ2n) is 9.25. The summed E-state index contributed by atoms with van der Waals surface area (Å²) in [4.78, 5) is 25.0. The topological polar surface area (TPSA) is 104 Å². The van der Waals surface area contributed by atoms with Gasteiger partial charge in [-0.05, 0) is 68.5 Å². The van der Waals surface area contributed by atoms with Crippen LogP contribution >= 0.6 is 0 Å². The lowest BCUT2D eigenvalue weighted by molar-refractivity contribution is -0.137. The second kappa shape index (κ2) is 12.6. The van der Waals surface area contributed by atoms with Gasteiger partial charge in [-0.1, -0.05) is 31.2 Å². The first-order valence-corrected chi connectivity index (χ1v) is 13.9. The predicted molar refractivity (Wildman–Crippen MR) is 134 cm³/mol. The number of hydrogen-bond donors (Lipinski definition) is 3. The molecule has 1 aliphatic carbocycles. The third-order valence-electron chi connectivity index (χ3n) is 6.40. The summed E-state index contributed by atoms with van der Waals surface area (Å²) in [5, 5.41) is 8.61. The lowest BCUT2D eigenvalue weighted by Gasteiger charge is -2.37. The van der Waals surface area contributed by atoms with Crippen LogP contribution in [0, 0.1) is 5.92 Å². The van der Waals surface area contributed by atoms with Crippen molar-refractivity contribution in [2.24, 2.45) is 5.92 Å². The van der Waals surface area contributed by atoms with E-state index in [1.165, 1.54) is 6.07 Å². The molecule has 0 spiro atoms. The molecule has 1 saturated carbocycles. The largest absolute Gasteiger partial charge is 0.416 e. The Morgan fingerprint density at radius 2 is 1.76 bits per heavy atom. The Kier molecular flexibility index (Phi) is 9.72. The molecule has 2 aromatic rings. The highest BCUT2D eigenvalue weighted by atomic mass is 32.2. The van der Waals surface area contributed by atoms with Crippen molar-refractivity contribution in [2.45, 2.75) is 55.8 Å². The number of benzene rings is 2. The van der Waals surface area contributed by atoms with Crippen LogP contribution in [-0.2, 0) is 20.8 Å². The summed E-state index contributed by atoms with van der Waals surface area (Å²) in [6.45, 7) is 2.38. The van der Waals surface area contributed by atoms with Gasteiger partial charge in [0.15, 0.2) is 9.84 Å². The maximum atomic E-state index is 13.0. The highest BCUT2D eigenvalue weighted by Crippen LogP contribution is 2.30. The average Bonchev–Trinajstić information content (AvgIpc) is 2.87. The van der Waals surface area contributed by atoms with Crippen LogP contribution in [0.3, 0.4) is 0 Å². The van der Waals surface area contributed by atoms with Crippen LogP contribution in [0.5, 0.6) is 0 Å². The molecule has 7 nitrogen and oxygen atoms in total. The monoisotopic (exact) mass is 539 g/mol. The van der Waals surface area contributed by atoms with Gasteiger partial charge < -0.3 is 16.0 Å². The molecular weight excluding hydrogens is 507 g/mol. The Morgan fingerprint density at radius 3 is 2.43 bits per heavy atom.